The Hall–Kier alpha value is -1.34. The molecule has 19 heavy (non-hydrogen) atoms. The van der Waals surface area contributed by atoms with Crippen LogP contribution >= 0.6 is 34.4 Å². The van der Waals surface area contributed by atoms with Crippen LogP contribution in [0.2, 0.25) is 0 Å². The van der Waals surface area contributed by atoms with Crippen molar-refractivity contribution >= 4 is 45.1 Å². The molecule has 0 bridgehead atoms. The Morgan fingerprint density at radius 2 is 1.63 bits per heavy atom. The second-order valence-electron chi connectivity index (χ2n) is 3.91. The molecule has 3 aromatic rings. The van der Waals surface area contributed by atoms with E-state index in [4.69, 9.17) is 0 Å². The monoisotopic (exact) mass is 380 g/mol. The lowest BCUT2D eigenvalue weighted by Gasteiger charge is -2.06. The molecular formula is C14H9IN2OS. The zero-order valence-electron chi connectivity index (χ0n) is 9.75. The van der Waals surface area contributed by atoms with E-state index in [0.717, 1.165) is 19.2 Å². The number of aromatic hydroxyl groups is 1. The second-order valence-corrected chi connectivity index (χ2v) is 6.17. The molecule has 0 saturated heterocycles. The predicted molar refractivity (Wildman–Crippen MR) is 84.5 cm³/mol. The molecule has 0 unspecified atom stereocenters. The fourth-order valence-corrected chi connectivity index (χ4v) is 2.91. The molecule has 2 aromatic carbocycles. The summed E-state index contributed by atoms with van der Waals surface area (Å²) in [6, 6.07) is 11.4. The Morgan fingerprint density at radius 1 is 0.947 bits per heavy atom. The van der Waals surface area contributed by atoms with Crippen molar-refractivity contribution in [3.05, 3.63) is 52.4 Å². The molecule has 0 aliphatic carbocycles. The molecule has 0 amide bonds. The smallest absolute Gasteiger partial charge is 0.192 e. The first kappa shape index (κ1) is 12.7. The van der Waals surface area contributed by atoms with Crippen LogP contribution < -0.4 is 0 Å². The summed E-state index contributed by atoms with van der Waals surface area (Å²) in [6.07, 6.45) is 3.58. The van der Waals surface area contributed by atoms with Gasteiger partial charge in [-0.3, -0.25) is 0 Å². The van der Waals surface area contributed by atoms with Gasteiger partial charge < -0.3 is 5.11 Å². The zero-order valence-corrected chi connectivity index (χ0v) is 12.7. The molecule has 0 aliphatic heterocycles. The van der Waals surface area contributed by atoms with Gasteiger partial charge in [0, 0.05) is 26.2 Å². The van der Waals surface area contributed by atoms with Gasteiger partial charge in [0.25, 0.3) is 0 Å². The highest BCUT2D eigenvalue weighted by Gasteiger charge is 2.07. The van der Waals surface area contributed by atoms with E-state index in [2.05, 4.69) is 32.6 Å². The lowest BCUT2D eigenvalue weighted by atomic mass is 10.1. The van der Waals surface area contributed by atoms with Crippen molar-refractivity contribution < 1.29 is 5.11 Å². The number of phenols is 1. The zero-order chi connectivity index (χ0) is 13.2. The Labute approximate surface area is 128 Å². The van der Waals surface area contributed by atoms with Gasteiger partial charge in [0.15, 0.2) is 5.16 Å². The van der Waals surface area contributed by atoms with Crippen molar-refractivity contribution in [1.29, 1.82) is 0 Å². The number of benzene rings is 2. The molecule has 0 atom stereocenters. The van der Waals surface area contributed by atoms with Crippen LogP contribution in [0.5, 0.6) is 5.75 Å². The first-order valence-corrected chi connectivity index (χ1v) is 7.50. The van der Waals surface area contributed by atoms with Crippen molar-refractivity contribution in [2.24, 2.45) is 0 Å². The number of phenolic OH excluding ortho intramolecular Hbond substituents is 1. The molecule has 0 spiro atoms. The fraction of sp³-hybridized carbons (Fsp3) is 0. The van der Waals surface area contributed by atoms with Gasteiger partial charge in [0.2, 0.25) is 0 Å². The minimum absolute atomic E-state index is 0.295. The van der Waals surface area contributed by atoms with Crippen LogP contribution in [-0.4, -0.2) is 15.1 Å². The number of aromatic nitrogens is 2. The largest absolute Gasteiger partial charge is 0.507 e. The van der Waals surface area contributed by atoms with Crippen LogP contribution in [-0.2, 0) is 0 Å². The maximum Gasteiger partial charge on any atom is 0.192 e. The van der Waals surface area contributed by atoms with Crippen molar-refractivity contribution in [3.8, 4) is 5.75 Å². The number of hydrogen-bond acceptors (Lipinski definition) is 4. The third-order valence-electron chi connectivity index (χ3n) is 2.66. The minimum atomic E-state index is 0.295. The highest BCUT2D eigenvalue weighted by Crippen LogP contribution is 2.35. The molecular weight excluding hydrogens is 371 g/mol. The third kappa shape index (κ3) is 2.66. The maximum absolute atomic E-state index is 9.86. The summed E-state index contributed by atoms with van der Waals surface area (Å²) in [5, 5.41) is 12.4. The Balaban J connectivity index is 2.06. The molecule has 1 heterocycles. The van der Waals surface area contributed by atoms with E-state index in [1.54, 1.807) is 18.5 Å². The topological polar surface area (TPSA) is 46.0 Å². The summed E-state index contributed by atoms with van der Waals surface area (Å²) in [5.74, 6) is 0.295. The Kier molecular flexibility index (Phi) is 3.56. The van der Waals surface area contributed by atoms with Crippen LogP contribution in [0.25, 0.3) is 10.8 Å². The number of nitrogens with zero attached hydrogens (tertiary/aromatic N) is 2. The fourth-order valence-electron chi connectivity index (χ4n) is 1.80. The van der Waals surface area contributed by atoms with Gasteiger partial charge in [-0.1, -0.05) is 24.3 Å². The standard InChI is InChI=1S/C14H9IN2OS/c15-9-7-16-14(17-8-9)19-13-6-5-12(18)10-3-1-2-4-11(10)13/h1-8,18H. The summed E-state index contributed by atoms with van der Waals surface area (Å²) in [4.78, 5) is 9.61. The van der Waals surface area contributed by atoms with Gasteiger partial charge in [-0.25, -0.2) is 9.97 Å². The van der Waals surface area contributed by atoms with E-state index in [1.807, 2.05) is 30.3 Å². The first-order valence-electron chi connectivity index (χ1n) is 5.60. The molecule has 1 aromatic heterocycles. The SMILES string of the molecule is Oc1ccc(Sc2ncc(I)cn2)c2ccccc12. The van der Waals surface area contributed by atoms with E-state index >= 15 is 0 Å². The molecule has 3 rings (SSSR count). The summed E-state index contributed by atoms with van der Waals surface area (Å²) < 4.78 is 1.01. The first-order chi connectivity index (χ1) is 9.24. The normalized spacial score (nSPS) is 10.8. The molecule has 0 fully saturated rings. The van der Waals surface area contributed by atoms with Crippen molar-refractivity contribution in [2.45, 2.75) is 10.1 Å². The van der Waals surface area contributed by atoms with Crippen LogP contribution in [0.3, 0.4) is 0 Å². The molecule has 1 N–H and O–H groups in total. The highest BCUT2D eigenvalue weighted by atomic mass is 127. The van der Waals surface area contributed by atoms with Gasteiger partial charge in [0.05, 0.1) is 0 Å². The van der Waals surface area contributed by atoms with E-state index in [-0.39, 0.29) is 0 Å². The van der Waals surface area contributed by atoms with Crippen LogP contribution in [0.1, 0.15) is 0 Å². The van der Waals surface area contributed by atoms with Gasteiger partial charge in [-0.15, -0.1) is 0 Å². The third-order valence-corrected chi connectivity index (χ3v) is 4.19. The van der Waals surface area contributed by atoms with Gasteiger partial charge in [-0.05, 0) is 51.9 Å². The van der Waals surface area contributed by atoms with Crippen molar-refractivity contribution in [3.63, 3.8) is 0 Å². The van der Waals surface area contributed by atoms with E-state index in [1.165, 1.54) is 11.8 Å². The minimum Gasteiger partial charge on any atom is -0.507 e. The summed E-state index contributed by atoms with van der Waals surface area (Å²) in [6.45, 7) is 0. The van der Waals surface area contributed by atoms with Crippen molar-refractivity contribution in [1.82, 2.24) is 9.97 Å². The molecule has 3 nitrogen and oxygen atoms in total. The predicted octanol–water partition coefficient (Wildman–Crippen LogP) is 4.09. The molecule has 0 radical (unpaired) electrons. The number of hydrogen-bond donors (Lipinski definition) is 1. The van der Waals surface area contributed by atoms with E-state index in [0.29, 0.717) is 10.9 Å². The summed E-state index contributed by atoms with van der Waals surface area (Å²) in [7, 11) is 0. The highest BCUT2D eigenvalue weighted by molar-refractivity contribution is 14.1. The average molecular weight is 380 g/mol. The van der Waals surface area contributed by atoms with Crippen molar-refractivity contribution in [2.75, 3.05) is 0 Å². The maximum atomic E-state index is 9.86. The molecule has 0 aliphatic rings. The number of fused-ring (bicyclic) bond motifs is 1. The van der Waals surface area contributed by atoms with Crippen LogP contribution in [0.15, 0.2) is 58.8 Å². The lowest BCUT2D eigenvalue weighted by Crippen LogP contribution is -1.87. The van der Waals surface area contributed by atoms with Crippen LogP contribution in [0.4, 0.5) is 0 Å². The Bertz CT molecular complexity index is 731. The summed E-state index contributed by atoms with van der Waals surface area (Å²) in [5.41, 5.74) is 0. The number of rotatable bonds is 2. The van der Waals surface area contributed by atoms with Gasteiger partial charge in [-0.2, -0.15) is 0 Å². The van der Waals surface area contributed by atoms with E-state index in [9.17, 15) is 5.11 Å². The second kappa shape index (κ2) is 5.34. The quantitative estimate of drug-likeness (QED) is 0.537. The molecule has 5 heteroatoms. The van der Waals surface area contributed by atoms with Crippen LogP contribution in [0, 0.1) is 3.57 Å². The number of halogens is 1. The molecule has 0 saturated carbocycles. The summed E-state index contributed by atoms with van der Waals surface area (Å²) >= 11 is 3.68. The Morgan fingerprint density at radius 3 is 2.37 bits per heavy atom. The van der Waals surface area contributed by atoms with Gasteiger partial charge >= 0.3 is 0 Å². The van der Waals surface area contributed by atoms with E-state index < -0.39 is 0 Å². The average Bonchev–Trinajstić information content (AvgIpc) is 2.45. The molecule has 94 valence electrons. The lowest BCUT2D eigenvalue weighted by molar-refractivity contribution is 0.481. The van der Waals surface area contributed by atoms with Gasteiger partial charge in [0.1, 0.15) is 5.75 Å².